The van der Waals surface area contributed by atoms with Crippen LogP contribution in [0.5, 0.6) is 0 Å². The topological polar surface area (TPSA) is 66.6 Å². The first-order valence-corrected chi connectivity index (χ1v) is 7.98. The highest BCUT2D eigenvalue weighted by Crippen LogP contribution is 2.40. The molecule has 1 aromatic heterocycles. The number of piperidine rings is 1. The number of likely N-dealkylation sites (tertiary alicyclic amines) is 1. The summed E-state index contributed by atoms with van der Waals surface area (Å²) < 4.78 is 5.22. The number of amides is 1. The van der Waals surface area contributed by atoms with Crippen LogP contribution < -0.4 is 0 Å². The van der Waals surface area contributed by atoms with Crippen LogP contribution in [0.25, 0.3) is 0 Å². The highest BCUT2D eigenvalue weighted by atomic mass is 16.5. The molecule has 0 spiro atoms. The third kappa shape index (κ3) is 2.71. The molecule has 1 aliphatic heterocycles. The molecular weight excluding hydrogens is 268 g/mol. The zero-order valence-corrected chi connectivity index (χ0v) is 12.8. The highest BCUT2D eigenvalue weighted by molar-refractivity contribution is 5.92. The monoisotopic (exact) mass is 292 g/mol. The van der Waals surface area contributed by atoms with Gasteiger partial charge in [0.1, 0.15) is 5.76 Å². The number of hydrogen-bond acceptors (Lipinski definition) is 4. The van der Waals surface area contributed by atoms with E-state index in [-0.39, 0.29) is 17.7 Å². The quantitative estimate of drug-likeness (QED) is 0.909. The van der Waals surface area contributed by atoms with Crippen molar-refractivity contribution in [3.05, 3.63) is 17.5 Å². The molecule has 0 radical (unpaired) electrons. The lowest BCUT2D eigenvalue weighted by molar-refractivity contribution is -0.0887. The molecule has 5 nitrogen and oxygen atoms in total. The van der Waals surface area contributed by atoms with E-state index in [2.05, 4.69) is 5.16 Å². The number of aromatic nitrogens is 1. The number of rotatable bonds is 2. The summed E-state index contributed by atoms with van der Waals surface area (Å²) in [6.45, 7) is 5.27. The summed E-state index contributed by atoms with van der Waals surface area (Å²) in [5.41, 5.74) is -0.165. The molecule has 2 atom stereocenters. The van der Waals surface area contributed by atoms with Gasteiger partial charge < -0.3 is 14.5 Å². The minimum absolute atomic E-state index is 0.0710. The molecule has 2 aliphatic rings. The summed E-state index contributed by atoms with van der Waals surface area (Å²) in [5, 5.41) is 14.6. The number of nitrogens with zero attached hydrogens (tertiary/aromatic N) is 2. The summed E-state index contributed by atoms with van der Waals surface area (Å²) in [6, 6.07) is 1.74. The van der Waals surface area contributed by atoms with Crippen molar-refractivity contribution in [2.45, 2.75) is 57.5 Å². The second-order valence-electron chi connectivity index (χ2n) is 6.82. The maximum atomic E-state index is 12.5. The van der Waals surface area contributed by atoms with E-state index in [1.807, 2.05) is 18.7 Å². The maximum Gasteiger partial charge on any atom is 0.276 e. The van der Waals surface area contributed by atoms with Gasteiger partial charge in [-0.3, -0.25) is 4.79 Å². The molecule has 1 saturated carbocycles. The third-order valence-corrected chi connectivity index (χ3v) is 5.03. The molecule has 1 amide bonds. The van der Waals surface area contributed by atoms with Gasteiger partial charge in [0.05, 0.1) is 5.60 Å². The molecule has 1 aromatic rings. The van der Waals surface area contributed by atoms with Gasteiger partial charge in [-0.1, -0.05) is 31.8 Å². The first kappa shape index (κ1) is 14.6. The van der Waals surface area contributed by atoms with E-state index in [1.54, 1.807) is 6.07 Å². The van der Waals surface area contributed by atoms with Gasteiger partial charge >= 0.3 is 0 Å². The van der Waals surface area contributed by atoms with Crippen molar-refractivity contribution in [1.82, 2.24) is 10.1 Å². The van der Waals surface area contributed by atoms with E-state index in [1.165, 1.54) is 0 Å². The minimum Gasteiger partial charge on any atom is -0.389 e. The van der Waals surface area contributed by atoms with Crippen LogP contribution in [-0.4, -0.2) is 39.8 Å². The van der Waals surface area contributed by atoms with Crippen LogP contribution >= 0.6 is 0 Å². The molecule has 1 saturated heterocycles. The van der Waals surface area contributed by atoms with Crippen LogP contribution in [0, 0.1) is 5.92 Å². The van der Waals surface area contributed by atoms with Crippen LogP contribution in [0.3, 0.4) is 0 Å². The van der Waals surface area contributed by atoms with Crippen molar-refractivity contribution in [1.29, 1.82) is 0 Å². The molecule has 3 rings (SSSR count). The highest BCUT2D eigenvalue weighted by Gasteiger charge is 2.44. The lowest BCUT2D eigenvalue weighted by Gasteiger charge is -2.47. The second kappa shape index (κ2) is 5.44. The number of hydrogen-bond donors (Lipinski definition) is 1. The predicted molar refractivity (Wildman–Crippen MR) is 78.0 cm³/mol. The Bertz CT molecular complexity index is 525. The summed E-state index contributed by atoms with van der Waals surface area (Å²) in [7, 11) is 0. The van der Waals surface area contributed by atoms with Gasteiger partial charge in [0, 0.05) is 31.0 Å². The number of fused-ring (bicyclic) bond motifs is 1. The molecule has 2 heterocycles. The van der Waals surface area contributed by atoms with Crippen LogP contribution in [0.4, 0.5) is 0 Å². The Hall–Kier alpha value is -1.36. The molecule has 0 bridgehead atoms. The average molecular weight is 292 g/mol. The first-order chi connectivity index (χ1) is 9.99. The SMILES string of the molecule is CC(C)c1cc(C(=O)N2CC[C@@]3(O)CCCC[C@H]3C2)no1. The van der Waals surface area contributed by atoms with Gasteiger partial charge in [-0.05, 0) is 19.3 Å². The zero-order valence-electron chi connectivity index (χ0n) is 12.8. The fourth-order valence-corrected chi connectivity index (χ4v) is 3.58. The van der Waals surface area contributed by atoms with Crippen molar-refractivity contribution in [2.75, 3.05) is 13.1 Å². The standard InChI is InChI=1S/C16H24N2O3/c1-11(2)14-9-13(17-21-14)15(19)18-8-7-16(20)6-4-3-5-12(16)10-18/h9,11-12,20H,3-8,10H2,1-2H3/t12-,16-/m0/s1. The summed E-state index contributed by atoms with van der Waals surface area (Å²) in [6.07, 6.45) is 4.81. The lowest BCUT2D eigenvalue weighted by atomic mass is 9.71. The maximum absolute atomic E-state index is 12.5. The second-order valence-corrected chi connectivity index (χ2v) is 6.82. The Morgan fingerprint density at radius 2 is 2.29 bits per heavy atom. The van der Waals surface area contributed by atoms with E-state index in [4.69, 9.17) is 4.52 Å². The van der Waals surface area contributed by atoms with E-state index >= 15 is 0 Å². The normalized spacial score (nSPS) is 29.5. The van der Waals surface area contributed by atoms with Gasteiger partial charge in [-0.15, -0.1) is 0 Å². The fourth-order valence-electron chi connectivity index (χ4n) is 3.58. The summed E-state index contributed by atoms with van der Waals surface area (Å²) in [5.74, 6) is 1.10. The molecule has 1 aliphatic carbocycles. The molecule has 0 unspecified atom stereocenters. The minimum atomic E-state index is -0.554. The summed E-state index contributed by atoms with van der Waals surface area (Å²) >= 11 is 0. The number of carbonyl (C=O) groups is 1. The Morgan fingerprint density at radius 1 is 1.48 bits per heavy atom. The van der Waals surface area contributed by atoms with Crippen molar-refractivity contribution in [2.24, 2.45) is 5.92 Å². The van der Waals surface area contributed by atoms with Crippen LogP contribution in [0.1, 0.15) is 68.1 Å². The zero-order chi connectivity index (χ0) is 15.0. The first-order valence-electron chi connectivity index (χ1n) is 7.98. The number of aliphatic hydroxyl groups is 1. The molecule has 21 heavy (non-hydrogen) atoms. The predicted octanol–water partition coefficient (Wildman–Crippen LogP) is 2.57. The van der Waals surface area contributed by atoms with Crippen molar-refractivity contribution in [3.63, 3.8) is 0 Å². The Balaban J connectivity index is 1.71. The molecule has 1 N–H and O–H groups in total. The Kier molecular flexibility index (Phi) is 3.78. The van der Waals surface area contributed by atoms with Gasteiger partial charge in [-0.25, -0.2) is 0 Å². The smallest absolute Gasteiger partial charge is 0.276 e. The Morgan fingerprint density at radius 3 is 3.00 bits per heavy atom. The van der Waals surface area contributed by atoms with E-state index in [9.17, 15) is 9.90 Å². The molecular formula is C16H24N2O3. The molecule has 5 heteroatoms. The van der Waals surface area contributed by atoms with Gasteiger partial charge in [0.25, 0.3) is 5.91 Å². The lowest BCUT2D eigenvalue weighted by Crippen LogP contribution is -2.54. The van der Waals surface area contributed by atoms with Crippen molar-refractivity contribution < 1.29 is 14.4 Å². The molecule has 0 aromatic carbocycles. The number of carbonyl (C=O) groups excluding carboxylic acids is 1. The van der Waals surface area contributed by atoms with E-state index in [0.717, 1.165) is 31.4 Å². The van der Waals surface area contributed by atoms with E-state index < -0.39 is 5.60 Å². The third-order valence-electron chi connectivity index (χ3n) is 5.03. The average Bonchev–Trinajstić information content (AvgIpc) is 2.95. The van der Waals surface area contributed by atoms with Gasteiger partial charge in [-0.2, -0.15) is 0 Å². The van der Waals surface area contributed by atoms with Crippen LogP contribution in [0.2, 0.25) is 0 Å². The largest absolute Gasteiger partial charge is 0.389 e. The fraction of sp³-hybridized carbons (Fsp3) is 0.750. The van der Waals surface area contributed by atoms with Crippen molar-refractivity contribution >= 4 is 5.91 Å². The van der Waals surface area contributed by atoms with Gasteiger partial charge in [0.2, 0.25) is 0 Å². The Labute approximate surface area is 125 Å². The molecule has 2 fully saturated rings. The molecule has 116 valence electrons. The van der Waals surface area contributed by atoms with E-state index in [0.29, 0.717) is 25.2 Å². The van der Waals surface area contributed by atoms with Crippen LogP contribution in [0.15, 0.2) is 10.6 Å². The van der Waals surface area contributed by atoms with Crippen molar-refractivity contribution in [3.8, 4) is 0 Å². The van der Waals surface area contributed by atoms with Gasteiger partial charge in [0.15, 0.2) is 5.69 Å². The summed E-state index contributed by atoms with van der Waals surface area (Å²) in [4.78, 5) is 14.4. The van der Waals surface area contributed by atoms with Crippen LogP contribution in [-0.2, 0) is 0 Å².